The number of hydrogen-bond donors (Lipinski definition) is 0. The third kappa shape index (κ3) is 4.11. The van der Waals surface area contributed by atoms with E-state index in [1.165, 1.54) is 0 Å². The largest absolute Gasteiger partial charge is 0.487 e. The van der Waals surface area contributed by atoms with Gasteiger partial charge in [0.25, 0.3) is 0 Å². The molecular weight excluding hydrogens is 364 g/mol. The van der Waals surface area contributed by atoms with Crippen LogP contribution in [0.25, 0.3) is 21.9 Å². The summed E-state index contributed by atoms with van der Waals surface area (Å²) in [6, 6.07) is 10.6. The summed E-state index contributed by atoms with van der Waals surface area (Å²) in [5, 5.41) is 0.934. The highest BCUT2D eigenvalue weighted by molar-refractivity contribution is 5.94. The molecule has 2 heterocycles. The Morgan fingerprint density at radius 2 is 1.00 bits per heavy atom. The molecule has 0 amide bonds. The zero-order chi connectivity index (χ0) is 19.2. The quantitative estimate of drug-likeness (QED) is 0.550. The van der Waals surface area contributed by atoms with E-state index < -0.39 is 0 Å². The fourth-order valence-corrected chi connectivity index (χ4v) is 3.04. The fraction of sp³-hybridized carbons (Fsp3) is 0.381. The third-order valence-corrected chi connectivity index (χ3v) is 4.37. The molecule has 0 aliphatic carbocycles. The van der Waals surface area contributed by atoms with Crippen LogP contribution in [-0.2, 0) is 14.2 Å². The Hall–Kier alpha value is -2.61. The van der Waals surface area contributed by atoms with Gasteiger partial charge < -0.3 is 28.1 Å². The molecule has 0 atom stereocenters. The number of benzene rings is 2. The van der Waals surface area contributed by atoms with Crippen molar-refractivity contribution in [3.63, 3.8) is 0 Å². The molecule has 1 aliphatic heterocycles. The summed E-state index contributed by atoms with van der Waals surface area (Å²) >= 11 is 0. The topological polar surface area (TPSA) is 76.4 Å². The van der Waals surface area contributed by atoms with Gasteiger partial charge in [-0.2, -0.15) is 0 Å². The van der Waals surface area contributed by atoms with Gasteiger partial charge in [-0.3, -0.25) is 4.79 Å². The Morgan fingerprint density at radius 1 is 0.571 bits per heavy atom. The van der Waals surface area contributed by atoms with Crippen LogP contribution in [0.4, 0.5) is 0 Å². The Labute approximate surface area is 161 Å². The third-order valence-electron chi connectivity index (χ3n) is 4.37. The average molecular weight is 386 g/mol. The average Bonchev–Trinajstić information content (AvgIpc) is 2.71. The maximum absolute atomic E-state index is 13.0. The molecule has 1 aliphatic rings. The van der Waals surface area contributed by atoms with E-state index in [4.69, 9.17) is 28.1 Å². The van der Waals surface area contributed by atoms with Gasteiger partial charge in [0.2, 0.25) is 5.43 Å². The zero-order valence-corrected chi connectivity index (χ0v) is 15.5. The second-order valence-corrected chi connectivity index (χ2v) is 6.23. The lowest BCUT2D eigenvalue weighted by molar-refractivity contribution is 0.00494. The van der Waals surface area contributed by atoms with Crippen LogP contribution in [-0.4, -0.2) is 52.9 Å². The van der Waals surface area contributed by atoms with Gasteiger partial charge in [-0.25, -0.2) is 0 Å². The predicted octanol–water partition coefficient (Wildman–Crippen LogP) is 2.77. The van der Waals surface area contributed by atoms with E-state index in [-0.39, 0.29) is 5.43 Å². The molecule has 2 bridgehead atoms. The summed E-state index contributed by atoms with van der Waals surface area (Å²) in [7, 11) is 0. The minimum atomic E-state index is -0.119. The first-order valence-electron chi connectivity index (χ1n) is 9.32. The maximum Gasteiger partial charge on any atom is 0.200 e. The first-order chi connectivity index (χ1) is 13.8. The van der Waals surface area contributed by atoms with Crippen molar-refractivity contribution in [1.82, 2.24) is 0 Å². The van der Waals surface area contributed by atoms with Crippen LogP contribution in [0, 0.1) is 0 Å². The van der Waals surface area contributed by atoms with E-state index in [0.29, 0.717) is 86.3 Å². The summed E-state index contributed by atoms with van der Waals surface area (Å²) in [5.74, 6) is 0.992. The molecule has 0 radical (unpaired) electrons. The Morgan fingerprint density at radius 3 is 1.46 bits per heavy atom. The molecule has 3 aromatic rings. The van der Waals surface area contributed by atoms with Crippen LogP contribution >= 0.6 is 0 Å². The number of para-hydroxylation sites is 2. The van der Waals surface area contributed by atoms with Crippen molar-refractivity contribution >= 4 is 21.9 Å². The van der Waals surface area contributed by atoms with Crippen LogP contribution in [0.3, 0.4) is 0 Å². The van der Waals surface area contributed by atoms with E-state index in [1.807, 2.05) is 0 Å². The molecule has 0 fully saturated rings. The normalized spacial score (nSPS) is 17.1. The molecule has 0 N–H and O–H groups in total. The maximum atomic E-state index is 13.0. The molecule has 0 saturated heterocycles. The fourth-order valence-electron chi connectivity index (χ4n) is 3.04. The Bertz CT molecular complexity index is 920. The van der Waals surface area contributed by atoms with Gasteiger partial charge in [0.15, 0.2) is 22.7 Å². The van der Waals surface area contributed by atoms with Crippen LogP contribution < -0.4 is 14.9 Å². The van der Waals surface area contributed by atoms with Crippen molar-refractivity contribution in [2.24, 2.45) is 0 Å². The smallest absolute Gasteiger partial charge is 0.200 e. The molecule has 0 saturated carbocycles. The summed E-state index contributed by atoms with van der Waals surface area (Å²) < 4.78 is 34.1. The van der Waals surface area contributed by atoms with Gasteiger partial charge in [0, 0.05) is 0 Å². The Kier molecular flexibility index (Phi) is 6.06. The van der Waals surface area contributed by atoms with Crippen LogP contribution in [0.5, 0.6) is 11.5 Å². The molecule has 2 aromatic carbocycles. The molecule has 4 rings (SSSR count). The van der Waals surface area contributed by atoms with Gasteiger partial charge in [-0.1, -0.05) is 12.1 Å². The van der Waals surface area contributed by atoms with E-state index in [0.717, 1.165) is 0 Å². The second-order valence-electron chi connectivity index (χ2n) is 6.23. The summed E-state index contributed by atoms with van der Waals surface area (Å²) in [6.07, 6.45) is 0. The lowest BCUT2D eigenvalue weighted by Gasteiger charge is -2.13. The summed E-state index contributed by atoms with van der Waals surface area (Å²) in [5.41, 5.74) is 0.680. The van der Waals surface area contributed by atoms with Crippen LogP contribution in [0.15, 0.2) is 45.6 Å². The van der Waals surface area contributed by atoms with Crippen molar-refractivity contribution in [1.29, 1.82) is 0 Å². The van der Waals surface area contributed by atoms with Crippen molar-refractivity contribution in [3.05, 3.63) is 46.6 Å². The van der Waals surface area contributed by atoms with Gasteiger partial charge in [0.05, 0.1) is 50.4 Å². The number of hydrogen-bond acceptors (Lipinski definition) is 7. The molecule has 1 aromatic heterocycles. The lowest BCUT2D eigenvalue weighted by atomic mass is 10.1. The SMILES string of the molecule is O=c1c2cccc3c2oc2c(cccc12)OCCOCCOCCOCCO3. The Balaban J connectivity index is 1.72. The van der Waals surface area contributed by atoms with Gasteiger partial charge in [0.1, 0.15) is 13.2 Å². The highest BCUT2D eigenvalue weighted by Gasteiger charge is 2.15. The van der Waals surface area contributed by atoms with Crippen molar-refractivity contribution in [2.75, 3.05) is 52.9 Å². The van der Waals surface area contributed by atoms with E-state index >= 15 is 0 Å². The second kappa shape index (κ2) is 9.05. The molecule has 28 heavy (non-hydrogen) atoms. The van der Waals surface area contributed by atoms with Gasteiger partial charge >= 0.3 is 0 Å². The van der Waals surface area contributed by atoms with E-state index in [2.05, 4.69) is 0 Å². The summed E-state index contributed by atoms with van der Waals surface area (Å²) in [4.78, 5) is 13.0. The molecule has 148 valence electrons. The van der Waals surface area contributed by atoms with Gasteiger partial charge in [-0.15, -0.1) is 0 Å². The highest BCUT2D eigenvalue weighted by Crippen LogP contribution is 2.31. The van der Waals surface area contributed by atoms with Crippen LogP contribution in [0.2, 0.25) is 0 Å². The molecule has 0 spiro atoms. The number of ether oxygens (including phenoxy) is 5. The van der Waals surface area contributed by atoms with Crippen molar-refractivity contribution in [3.8, 4) is 11.5 Å². The zero-order valence-electron chi connectivity index (χ0n) is 15.5. The first-order valence-corrected chi connectivity index (χ1v) is 9.32. The number of rotatable bonds is 0. The molecule has 7 nitrogen and oxygen atoms in total. The lowest BCUT2D eigenvalue weighted by Crippen LogP contribution is -2.15. The summed E-state index contributed by atoms with van der Waals surface area (Å²) in [6.45, 7) is 3.42. The monoisotopic (exact) mass is 386 g/mol. The van der Waals surface area contributed by atoms with E-state index in [1.54, 1.807) is 36.4 Å². The minimum Gasteiger partial charge on any atom is -0.487 e. The molecule has 0 unspecified atom stereocenters. The van der Waals surface area contributed by atoms with Crippen molar-refractivity contribution in [2.45, 2.75) is 0 Å². The van der Waals surface area contributed by atoms with E-state index in [9.17, 15) is 4.79 Å². The molecule has 7 heteroatoms. The molecular formula is C21H22O7. The standard InChI is InChI=1S/C21H22O7/c22-19-15-3-1-5-17-20(15)28-21-16(19)4-2-6-18(21)27-14-12-25-10-8-23-7-9-24-11-13-26-17/h1-6H,7-14H2. The highest BCUT2D eigenvalue weighted by atomic mass is 16.6. The first kappa shape index (κ1) is 18.7. The van der Waals surface area contributed by atoms with Gasteiger partial charge in [-0.05, 0) is 24.3 Å². The van der Waals surface area contributed by atoms with Crippen LogP contribution in [0.1, 0.15) is 0 Å². The minimum absolute atomic E-state index is 0.119. The van der Waals surface area contributed by atoms with Crippen molar-refractivity contribution < 1.29 is 28.1 Å². The predicted molar refractivity (Wildman–Crippen MR) is 103 cm³/mol.